The molecule has 0 spiro atoms. The van der Waals surface area contributed by atoms with E-state index in [-0.39, 0.29) is 30.3 Å². The number of aromatic nitrogens is 2. The zero-order chi connectivity index (χ0) is 19.8. The molecule has 140 valence electrons. The molecular formula is C15H15N7O5. The van der Waals surface area contributed by atoms with Crippen LogP contribution in [0.2, 0.25) is 0 Å². The minimum absolute atomic E-state index is 0.0259. The lowest BCUT2D eigenvalue weighted by molar-refractivity contribution is -0.384. The molecule has 0 atom stereocenters. The highest BCUT2D eigenvalue weighted by atomic mass is 16.6. The highest BCUT2D eigenvalue weighted by molar-refractivity contribution is 5.81. The number of nitrogens with zero attached hydrogens (tertiary/aromatic N) is 4. The number of carbonyl (C=O) groups is 1. The summed E-state index contributed by atoms with van der Waals surface area (Å²) in [4.78, 5) is 40.2. The second-order valence-corrected chi connectivity index (χ2v) is 5.12. The van der Waals surface area contributed by atoms with Crippen molar-refractivity contribution < 1.29 is 14.6 Å². The Balaban J connectivity index is 2.04. The highest BCUT2D eigenvalue weighted by Gasteiger charge is 2.23. The fraction of sp³-hybridized carbons (Fsp3) is 0.133. The first kappa shape index (κ1) is 19.2. The van der Waals surface area contributed by atoms with Gasteiger partial charge in [-0.1, -0.05) is 18.2 Å². The van der Waals surface area contributed by atoms with Crippen LogP contribution in [0.25, 0.3) is 0 Å². The number of carbonyl (C=O) groups excluding carboxylic acids is 1. The van der Waals surface area contributed by atoms with Crippen LogP contribution in [-0.2, 0) is 11.2 Å². The number of anilines is 2. The Hall–Kier alpha value is -4.09. The summed E-state index contributed by atoms with van der Waals surface area (Å²) < 4.78 is 0. The molecule has 27 heavy (non-hydrogen) atoms. The maximum Gasteiger partial charge on any atom is 0.354 e. The average Bonchev–Trinajstić information content (AvgIpc) is 2.64. The lowest BCUT2D eigenvalue weighted by Gasteiger charge is -2.10. The largest absolute Gasteiger partial charge is 0.361 e. The molecule has 0 aliphatic heterocycles. The third-order valence-electron chi connectivity index (χ3n) is 3.25. The number of amides is 1. The van der Waals surface area contributed by atoms with Crippen LogP contribution in [0.5, 0.6) is 0 Å². The Morgan fingerprint density at radius 1 is 1.11 bits per heavy atom. The van der Waals surface area contributed by atoms with Crippen LogP contribution in [0.3, 0.4) is 0 Å². The van der Waals surface area contributed by atoms with E-state index in [9.17, 15) is 25.0 Å². The monoisotopic (exact) mass is 373 g/mol. The van der Waals surface area contributed by atoms with Crippen molar-refractivity contribution in [2.75, 3.05) is 17.3 Å². The van der Waals surface area contributed by atoms with E-state index in [4.69, 9.17) is 0 Å². The number of rotatable bonds is 9. The molecule has 0 saturated carbocycles. The normalized spacial score (nSPS) is 9.93. The molecule has 0 fully saturated rings. The maximum atomic E-state index is 12.0. The minimum Gasteiger partial charge on any atom is -0.361 e. The van der Waals surface area contributed by atoms with E-state index in [1.807, 2.05) is 0 Å². The van der Waals surface area contributed by atoms with Crippen LogP contribution in [0.15, 0.2) is 43.2 Å². The van der Waals surface area contributed by atoms with Crippen LogP contribution >= 0.6 is 0 Å². The van der Waals surface area contributed by atoms with Gasteiger partial charge in [0.15, 0.2) is 0 Å². The predicted molar refractivity (Wildman–Crippen MR) is 95.9 cm³/mol. The molecule has 2 aromatic rings. The van der Waals surface area contributed by atoms with E-state index in [0.717, 1.165) is 6.33 Å². The number of hydrazine groups is 1. The van der Waals surface area contributed by atoms with Crippen LogP contribution < -0.4 is 16.2 Å². The van der Waals surface area contributed by atoms with E-state index >= 15 is 0 Å². The van der Waals surface area contributed by atoms with Gasteiger partial charge in [0.2, 0.25) is 17.5 Å². The van der Waals surface area contributed by atoms with Crippen molar-refractivity contribution in [1.29, 1.82) is 0 Å². The van der Waals surface area contributed by atoms with Gasteiger partial charge in [0.25, 0.3) is 5.69 Å². The van der Waals surface area contributed by atoms with Crippen LogP contribution in [-0.4, -0.2) is 32.3 Å². The van der Waals surface area contributed by atoms with Gasteiger partial charge >= 0.3 is 5.69 Å². The van der Waals surface area contributed by atoms with Crippen molar-refractivity contribution in [2.45, 2.75) is 6.42 Å². The van der Waals surface area contributed by atoms with Gasteiger partial charge in [-0.15, -0.1) is 6.58 Å². The average molecular weight is 373 g/mol. The minimum atomic E-state index is -0.684. The van der Waals surface area contributed by atoms with Crippen LogP contribution in [0.1, 0.15) is 5.56 Å². The van der Waals surface area contributed by atoms with Crippen molar-refractivity contribution in [3.8, 4) is 0 Å². The molecule has 0 bridgehead atoms. The number of benzene rings is 1. The van der Waals surface area contributed by atoms with Crippen LogP contribution in [0, 0.1) is 20.2 Å². The Morgan fingerprint density at radius 3 is 2.37 bits per heavy atom. The molecule has 1 heterocycles. The van der Waals surface area contributed by atoms with Crippen molar-refractivity contribution in [3.05, 3.63) is 69.0 Å². The lowest BCUT2D eigenvalue weighted by Crippen LogP contribution is -2.31. The Kier molecular flexibility index (Phi) is 6.30. The smallest absolute Gasteiger partial charge is 0.354 e. The molecule has 0 aliphatic rings. The predicted octanol–water partition coefficient (Wildman–Crippen LogP) is 1.58. The third-order valence-corrected chi connectivity index (χ3v) is 3.25. The summed E-state index contributed by atoms with van der Waals surface area (Å²) in [6, 6.07) is 5.45. The van der Waals surface area contributed by atoms with Gasteiger partial charge in [0.05, 0.1) is 16.3 Å². The Labute approximate surface area is 152 Å². The summed E-state index contributed by atoms with van der Waals surface area (Å²) in [5.41, 5.74) is 4.70. The van der Waals surface area contributed by atoms with Gasteiger partial charge in [-0.05, 0) is 5.56 Å². The number of nitro benzene ring substituents is 1. The molecule has 0 saturated heterocycles. The van der Waals surface area contributed by atoms with Crippen molar-refractivity contribution >= 4 is 28.9 Å². The highest BCUT2D eigenvalue weighted by Crippen LogP contribution is 2.28. The zero-order valence-corrected chi connectivity index (χ0v) is 13.9. The van der Waals surface area contributed by atoms with Crippen molar-refractivity contribution in [2.24, 2.45) is 0 Å². The quantitative estimate of drug-likeness (QED) is 0.336. The second kappa shape index (κ2) is 8.84. The topological polar surface area (TPSA) is 165 Å². The Bertz CT molecular complexity index is 869. The first-order valence-corrected chi connectivity index (χ1v) is 7.54. The summed E-state index contributed by atoms with van der Waals surface area (Å²) in [5, 5.41) is 24.6. The second-order valence-electron chi connectivity index (χ2n) is 5.12. The van der Waals surface area contributed by atoms with Crippen LogP contribution in [0.4, 0.5) is 23.0 Å². The van der Waals surface area contributed by atoms with E-state index < -0.39 is 21.4 Å². The van der Waals surface area contributed by atoms with Gasteiger partial charge in [-0.25, -0.2) is 9.97 Å². The first-order valence-electron chi connectivity index (χ1n) is 7.54. The lowest BCUT2D eigenvalue weighted by atomic mass is 10.1. The van der Waals surface area contributed by atoms with E-state index in [0.29, 0.717) is 5.56 Å². The Morgan fingerprint density at radius 2 is 1.78 bits per heavy atom. The standard InChI is InChI=1S/C15H15N7O5/c1-2-7-16-14-13(22(26)27)15(18-9-17-14)20-19-12(23)8-10-3-5-11(6-4-10)21(24)25/h2-6,9H,1,7-8H2,(H,19,23)(H2,16,17,18,20). The molecule has 0 aliphatic carbocycles. The maximum absolute atomic E-state index is 12.0. The fourth-order valence-electron chi connectivity index (χ4n) is 2.04. The van der Waals surface area contributed by atoms with Gasteiger partial charge in [-0.3, -0.25) is 35.9 Å². The molecule has 1 amide bonds. The molecule has 2 rings (SSSR count). The fourth-order valence-corrected chi connectivity index (χ4v) is 2.04. The number of nitrogens with one attached hydrogen (secondary N) is 3. The van der Waals surface area contributed by atoms with Gasteiger partial charge in [-0.2, -0.15) is 0 Å². The van der Waals surface area contributed by atoms with Gasteiger partial charge < -0.3 is 5.32 Å². The molecular weight excluding hydrogens is 358 g/mol. The van der Waals surface area contributed by atoms with Gasteiger partial charge in [0, 0.05) is 18.7 Å². The molecule has 12 nitrogen and oxygen atoms in total. The number of hydrogen-bond acceptors (Lipinski definition) is 9. The summed E-state index contributed by atoms with van der Waals surface area (Å²) >= 11 is 0. The molecule has 3 N–H and O–H groups in total. The number of hydrogen-bond donors (Lipinski definition) is 3. The molecule has 0 unspecified atom stereocenters. The number of non-ortho nitro benzene ring substituents is 1. The summed E-state index contributed by atoms with van der Waals surface area (Å²) in [6.45, 7) is 3.76. The SMILES string of the molecule is C=CCNc1ncnc(NNC(=O)Cc2ccc([N+](=O)[O-])cc2)c1[N+](=O)[O-]. The third kappa shape index (κ3) is 5.19. The van der Waals surface area contributed by atoms with Crippen molar-refractivity contribution in [3.63, 3.8) is 0 Å². The zero-order valence-electron chi connectivity index (χ0n) is 13.9. The summed E-state index contributed by atoms with van der Waals surface area (Å²) in [7, 11) is 0. The summed E-state index contributed by atoms with van der Waals surface area (Å²) in [5.74, 6) is -0.738. The van der Waals surface area contributed by atoms with Gasteiger partial charge in [0.1, 0.15) is 6.33 Å². The molecule has 12 heteroatoms. The summed E-state index contributed by atoms with van der Waals surface area (Å²) in [6.07, 6.45) is 2.51. The van der Waals surface area contributed by atoms with E-state index in [1.165, 1.54) is 30.3 Å². The number of nitro groups is 2. The molecule has 1 aromatic carbocycles. The first-order chi connectivity index (χ1) is 12.9. The van der Waals surface area contributed by atoms with E-state index in [2.05, 4.69) is 32.7 Å². The van der Waals surface area contributed by atoms with Crippen molar-refractivity contribution in [1.82, 2.24) is 15.4 Å². The molecule has 1 aromatic heterocycles. The molecule has 0 radical (unpaired) electrons. The van der Waals surface area contributed by atoms with E-state index in [1.54, 1.807) is 0 Å².